The quantitative estimate of drug-likeness (QED) is 0.490. The predicted molar refractivity (Wildman–Crippen MR) is 57.5 cm³/mol. The van der Waals surface area contributed by atoms with Gasteiger partial charge in [-0.1, -0.05) is 6.92 Å². The minimum absolute atomic E-state index is 0.152. The van der Waals surface area contributed by atoms with Crippen molar-refractivity contribution in [1.29, 1.82) is 0 Å². The van der Waals surface area contributed by atoms with Crippen LogP contribution in [0.5, 0.6) is 0 Å². The van der Waals surface area contributed by atoms with Crippen molar-refractivity contribution in [2.45, 2.75) is 18.2 Å². The number of rotatable bonds is 5. The molecule has 0 saturated carbocycles. The molecule has 15 heavy (non-hydrogen) atoms. The zero-order chi connectivity index (χ0) is 11.3. The molecular weight excluding hydrogens is 216 g/mol. The zero-order valence-electron chi connectivity index (χ0n) is 8.40. The molecule has 1 aromatic rings. The Bertz CT molecular complexity index is 418. The van der Waals surface area contributed by atoms with E-state index in [1.165, 1.54) is 18.3 Å². The topological polar surface area (TPSA) is 97.1 Å². The summed E-state index contributed by atoms with van der Waals surface area (Å²) in [7, 11) is -3.44. The van der Waals surface area contributed by atoms with Crippen molar-refractivity contribution in [1.82, 2.24) is 9.71 Å². The molecule has 0 amide bonds. The highest BCUT2D eigenvalue weighted by molar-refractivity contribution is 7.89. The molecule has 0 aliphatic rings. The number of anilines is 1. The van der Waals surface area contributed by atoms with Crippen LogP contribution in [0.1, 0.15) is 13.3 Å². The third-order valence-electron chi connectivity index (χ3n) is 1.73. The van der Waals surface area contributed by atoms with E-state index in [2.05, 4.69) is 15.1 Å². The number of hydrogen-bond acceptors (Lipinski definition) is 5. The van der Waals surface area contributed by atoms with Crippen molar-refractivity contribution >= 4 is 15.8 Å². The van der Waals surface area contributed by atoms with Gasteiger partial charge in [0, 0.05) is 18.8 Å². The molecule has 0 bridgehead atoms. The molecule has 0 saturated heterocycles. The Morgan fingerprint density at radius 1 is 1.53 bits per heavy atom. The van der Waals surface area contributed by atoms with Crippen molar-refractivity contribution in [2.75, 3.05) is 12.0 Å². The van der Waals surface area contributed by atoms with Crippen LogP contribution in [0.3, 0.4) is 0 Å². The van der Waals surface area contributed by atoms with Crippen LogP contribution in [0.15, 0.2) is 23.2 Å². The molecule has 1 rings (SSSR count). The Hall–Kier alpha value is -1.18. The summed E-state index contributed by atoms with van der Waals surface area (Å²) in [5.74, 6) is 5.45. The smallest absolute Gasteiger partial charge is 0.240 e. The van der Waals surface area contributed by atoms with Crippen LogP contribution in [0, 0.1) is 0 Å². The summed E-state index contributed by atoms with van der Waals surface area (Å²) in [6.45, 7) is 2.30. The lowest BCUT2D eigenvalue weighted by Gasteiger charge is -2.06. The van der Waals surface area contributed by atoms with Crippen molar-refractivity contribution in [3.05, 3.63) is 18.3 Å². The maximum absolute atomic E-state index is 11.7. The zero-order valence-corrected chi connectivity index (χ0v) is 9.21. The van der Waals surface area contributed by atoms with Gasteiger partial charge in [-0.3, -0.25) is 0 Å². The lowest BCUT2D eigenvalue weighted by molar-refractivity contribution is 0.580. The Balaban J connectivity index is 2.94. The number of nitrogens with zero attached hydrogens (tertiary/aromatic N) is 1. The number of pyridine rings is 1. The van der Waals surface area contributed by atoms with E-state index in [0.29, 0.717) is 12.4 Å². The molecule has 4 N–H and O–H groups in total. The second-order valence-electron chi connectivity index (χ2n) is 2.92. The fourth-order valence-corrected chi connectivity index (χ4v) is 2.12. The summed E-state index contributed by atoms with van der Waals surface area (Å²) in [5, 5.41) is 0. The van der Waals surface area contributed by atoms with Crippen LogP contribution in [-0.4, -0.2) is 19.9 Å². The van der Waals surface area contributed by atoms with Gasteiger partial charge < -0.3 is 5.43 Å². The van der Waals surface area contributed by atoms with Gasteiger partial charge in [0.1, 0.15) is 5.82 Å². The van der Waals surface area contributed by atoms with Crippen LogP contribution >= 0.6 is 0 Å². The SMILES string of the molecule is CCCNS(=O)(=O)c1ccnc(NN)c1. The van der Waals surface area contributed by atoms with E-state index >= 15 is 0 Å². The second kappa shape index (κ2) is 5.06. The highest BCUT2D eigenvalue weighted by Crippen LogP contribution is 2.11. The monoisotopic (exact) mass is 230 g/mol. The molecule has 1 heterocycles. The van der Waals surface area contributed by atoms with E-state index in [1.54, 1.807) is 0 Å². The van der Waals surface area contributed by atoms with Crippen LogP contribution in [0.25, 0.3) is 0 Å². The van der Waals surface area contributed by atoms with Crippen molar-refractivity contribution < 1.29 is 8.42 Å². The second-order valence-corrected chi connectivity index (χ2v) is 4.69. The minimum atomic E-state index is -3.44. The van der Waals surface area contributed by atoms with E-state index in [9.17, 15) is 8.42 Å². The Morgan fingerprint density at radius 3 is 2.87 bits per heavy atom. The van der Waals surface area contributed by atoms with Crippen molar-refractivity contribution in [2.24, 2.45) is 5.84 Å². The maximum Gasteiger partial charge on any atom is 0.240 e. The predicted octanol–water partition coefficient (Wildman–Crippen LogP) is 0.0555. The molecule has 0 aromatic carbocycles. The molecule has 0 radical (unpaired) electrons. The van der Waals surface area contributed by atoms with Gasteiger partial charge in [0.2, 0.25) is 10.0 Å². The number of aromatic nitrogens is 1. The fourth-order valence-electron chi connectivity index (χ4n) is 0.977. The van der Waals surface area contributed by atoms with Gasteiger partial charge in [0.15, 0.2) is 0 Å². The van der Waals surface area contributed by atoms with Gasteiger partial charge in [-0.25, -0.2) is 24.0 Å². The lowest BCUT2D eigenvalue weighted by Crippen LogP contribution is -2.24. The molecule has 0 aliphatic heterocycles. The first-order valence-electron chi connectivity index (χ1n) is 4.52. The molecule has 0 fully saturated rings. The fraction of sp³-hybridized carbons (Fsp3) is 0.375. The summed E-state index contributed by atoms with van der Waals surface area (Å²) in [5.41, 5.74) is 2.29. The third kappa shape index (κ3) is 3.15. The van der Waals surface area contributed by atoms with Gasteiger partial charge >= 0.3 is 0 Å². The van der Waals surface area contributed by atoms with Crippen LogP contribution in [0.2, 0.25) is 0 Å². The minimum Gasteiger partial charge on any atom is -0.308 e. The van der Waals surface area contributed by atoms with Gasteiger partial charge in [-0.2, -0.15) is 0 Å². The average Bonchev–Trinajstić information content (AvgIpc) is 2.26. The highest BCUT2D eigenvalue weighted by atomic mass is 32.2. The Morgan fingerprint density at radius 2 is 2.27 bits per heavy atom. The Labute approximate surface area is 88.9 Å². The molecular formula is C8H14N4O2S. The first-order chi connectivity index (χ1) is 7.10. The van der Waals surface area contributed by atoms with Gasteiger partial charge in [-0.15, -0.1) is 0 Å². The summed E-state index contributed by atoms with van der Waals surface area (Å²) >= 11 is 0. The molecule has 1 aromatic heterocycles. The molecule has 0 spiro atoms. The summed E-state index contributed by atoms with van der Waals surface area (Å²) in [4.78, 5) is 3.98. The standard InChI is InChI=1S/C8H14N4O2S/c1-2-4-11-15(13,14)7-3-5-10-8(6-7)12-9/h3,5-6,11H,2,4,9H2,1H3,(H,10,12). The summed E-state index contributed by atoms with van der Waals surface area (Å²) in [6.07, 6.45) is 2.13. The molecule has 0 aliphatic carbocycles. The number of hydrazine groups is 1. The lowest BCUT2D eigenvalue weighted by atomic mass is 10.5. The number of nitrogens with two attached hydrogens (primary N) is 1. The van der Waals surface area contributed by atoms with E-state index in [4.69, 9.17) is 5.84 Å². The summed E-state index contributed by atoms with van der Waals surface area (Å²) < 4.78 is 25.8. The van der Waals surface area contributed by atoms with Crippen molar-refractivity contribution in [3.63, 3.8) is 0 Å². The maximum atomic E-state index is 11.7. The summed E-state index contributed by atoms with van der Waals surface area (Å²) in [6, 6.07) is 2.79. The van der Waals surface area contributed by atoms with E-state index in [0.717, 1.165) is 6.42 Å². The number of hydrogen-bond donors (Lipinski definition) is 3. The molecule has 7 heteroatoms. The highest BCUT2D eigenvalue weighted by Gasteiger charge is 2.13. The molecule has 84 valence electrons. The van der Waals surface area contributed by atoms with Crippen LogP contribution in [-0.2, 0) is 10.0 Å². The van der Waals surface area contributed by atoms with Gasteiger partial charge in [-0.05, 0) is 12.5 Å². The Kier molecular flexibility index (Phi) is 4.01. The normalized spacial score (nSPS) is 11.3. The van der Waals surface area contributed by atoms with Crippen LogP contribution < -0.4 is 16.0 Å². The first-order valence-corrected chi connectivity index (χ1v) is 6.01. The number of nitrogens with one attached hydrogen (secondary N) is 2. The van der Waals surface area contributed by atoms with E-state index in [-0.39, 0.29) is 4.90 Å². The largest absolute Gasteiger partial charge is 0.308 e. The van der Waals surface area contributed by atoms with Crippen LogP contribution in [0.4, 0.5) is 5.82 Å². The van der Waals surface area contributed by atoms with E-state index in [1.807, 2.05) is 6.92 Å². The van der Waals surface area contributed by atoms with Gasteiger partial charge in [0.05, 0.1) is 4.90 Å². The molecule has 0 atom stereocenters. The number of nitrogen functional groups attached to an aromatic ring is 1. The van der Waals surface area contributed by atoms with Gasteiger partial charge in [0.25, 0.3) is 0 Å². The molecule has 6 nitrogen and oxygen atoms in total. The number of sulfonamides is 1. The third-order valence-corrected chi connectivity index (χ3v) is 3.19. The first kappa shape index (κ1) is 11.9. The van der Waals surface area contributed by atoms with Crippen molar-refractivity contribution in [3.8, 4) is 0 Å². The molecule has 0 unspecified atom stereocenters. The van der Waals surface area contributed by atoms with E-state index < -0.39 is 10.0 Å². The average molecular weight is 230 g/mol.